The molecule has 0 N–H and O–H groups in total. The molecule has 0 aromatic heterocycles. The molecule has 0 atom stereocenters. The second-order valence-corrected chi connectivity index (χ2v) is 2.59. The van der Waals surface area contributed by atoms with Crippen LogP contribution in [-0.2, 0) is 4.74 Å². The maximum Gasteiger partial charge on any atom is 0.153 e. The maximum absolute atomic E-state index is 12.9. The molecule has 1 aromatic carbocycles. The minimum Gasteiger partial charge on any atom is -0.372 e. The highest BCUT2D eigenvalue weighted by Crippen LogP contribution is 2.07. The van der Waals surface area contributed by atoms with Gasteiger partial charge in [0.15, 0.2) is 6.29 Å². The molecule has 0 saturated carbocycles. The summed E-state index contributed by atoms with van der Waals surface area (Å²) in [6, 6.07) is 4.15. The summed E-state index contributed by atoms with van der Waals surface area (Å²) in [6.07, 6.45) is 0.469. The summed E-state index contributed by atoms with van der Waals surface area (Å²) in [6.45, 7) is 0.313. The van der Waals surface area contributed by atoms with Crippen LogP contribution in [0.1, 0.15) is 15.9 Å². The van der Waals surface area contributed by atoms with Crippen molar-refractivity contribution in [2.75, 3.05) is 13.7 Å². The standard InChI is InChI=1S/C11H9FO2/c1-14-6-2-3-9-4-5-11(12)10(7-9)8-13/h4-5,7-8H,6H2,1H3. The zero-order chi connectivity index (χ0) is 10.4. The van der Waals surface area contributed by atoms with Gasteiger partial charge in [-0.15, -0.1) is 0 Å². The monoisotopic (exact) mass is 192 g/mol. The number of hydrogen-bond donors (Lipinski definition) is 0. The van der Waals surface area contributed by atoms with Gasteiger partial charge in [-0.25, -0.2) is 4.39 Å². The van der Waals surface area contributed by atoms with Crippen molar-refractivity contribution in [1.82, 2.24) is 0 Å². The van der Waals surface area contributed by atoms with E-state index in [1.54, 1.807) is 0 Å². The van der Waals surface area contributed by atoms with Crippen LogP contribution in [0, 0.1) is 17.7 Å². The van der Waals surface area contributed by atoms with Crippen LogP contribution < -0.4 is 0 Å². The van der Waals surface area contributed by atoms with Gasteiger partial charge in [-0.05, 0) is 18.2 Å². The third-order valence-corrected chi connectivity index (χ3v) is 1.57. The maximum atomic E-state index is 12.9. The van der Waals surface area contributed by atoms with Gasteiger partial charge in [-0.1, -0.05) is 11.8 Å². The van der Waals surface area contributed by atoms with Gasteiger partial charge in [-0.3, -0.25) is 4.79 Å². The number of hydrogen-bond acceptors (Lipinski definition) is 2. The SMILES string of the molecule is COCC#Cc1ccc(F)c(C=O)c1. The first kappa shape index (κ1) is 10.4. The average Bonchev–Trinajstić information content (AvgIpc) is 2.21. The van der Waals surface area contributed by atoms with Crippen LogP contribution in [-0.4, -0.2) is 20.0 Å². The zero-order valence-electron chi connectivity index (χ0n) is 7.71. The van der Waals surface area contributed by atoms with Crippen molar-refractivity contribution in [2.24, 2.45) is 0 Å². The smallest absolute Gasteiger partial charge is 0.153 e. The first-order valence-electron chi connectivity index (χ1n) is 4.00. The molecule has 0 spiro atoms. The van der Waals surface area contributed by atoms with Crippen LogP contribution in [0.2, 0.25) is 0 Å². The Bertz CT molecular complexity index is 388. The number of benzene rings is 1. The molecule has 0 heterocycles. The molecular formula is C11H9FO2. The normalized spacial score (nSPS) is 9.00. The quantitative estimate of drug-likeness (QED) is 0.526. The fourth-order valence-electron chi connectivity index (χ4n) is 0.922. The lowest BCUT2D eigenvalue weighted by Gasteiger charge is -1.94. The van der Waals surface area contributed by atoms with E-state index in [0.29, 0.717) is 18.5 Å². The van der Waals surface area contributed by atoms with Crippen LogP contribution in [0.15, 0.2) is 18.2 Å². The predicted molar refractivity (Wildman–Crippen MR) is 50.5 cm³/mol. The molecule has 0 aliphatic heterocycles. The Hall–Kier alpha value is -1.66. The number of ether oxygens (including phenoxy) is 1. The lowest BCUT2D eigenvalue weighted by Crippen LogP contribution is -1.89. The summed E-state index contributed by atoms with van der Waals surface area (Å²) >= 11 is 0. The number of carbonyl (C=O) groups is 1. The van der Waals surface area contributed by atoms with Crippen molar-refractivity contribution in [1.29, 1.82) is 0 Å². The lowest BCUT2D eigenvalue weighted by atomic mass is 10.1. The Labute approximate surface area is 81.7 Å². The Morgan fingerprint density at radius 3 is 3.00 bits per heavy atom. The molecule has 0 radical (unpaired) electrons. The van der Waals surface area contributed by atoms with Gasteiger partial charge in [0, 0.05) is 12.7 Å². The summed E-state index contributed by atoms with van der Waals surface area (Å²) in [5.74, 6) is 4.93. The molecule has 1 rings (SSSR count). The molecule has 1 aromatic rings. The highest BCUT2D eigenvalue weighted by atomic mass is 19.1. The first-order valence-corrected chi connectivity index (χ1v) is 4.00. The lowest BCUT2D eigenvalue weighted by molar-refractivity contribution is 0.112. The van der Waals surface area contributed by atoms with Gasteiger partial charge in [0.25, 0.3) is 0 Å². The van der Waals surface area contributed by atoms with Gasteiger partial charge in [-0.2, -0.15) is 0 Å². The Morgan fingerprint density at radius 1 is 1.57 bits per heavy atom. The van der Waals surface area contributed by atoms with Crippen molar-refractivity contribution in [2.45, 2.75) is 0 Å². The van der Waals surface area contributed by atoms with Gasteiger partial charge in [0.05, 0.1) is 5.56 Å². The third kappa shape index (κ3) is 2.68. The van der Waals surface area contributed by atoms with E-state index in [4.69, 9.17) is 4.74 Å². The van der Waals surface area contributed by atoms with Gasteiger partial charge in [0.2, 0.25) is 0 Å². The van der Waals surface area contributed by atoms with E-state index in [-0.39, 0.29) is 5.56 Å². The summed E-state index contributed by atoms with van der Waals surface area (Å²) in [4.78, 5) is 10.4. The Morgan fingerprint density at radius 2 is 2.36 bits per heavy atom. The molecule has 0 amide bonds. The summed E-state index contributed by atoms with van der Waals surface area (Å²) in [5, 5.41) is 0. The van der Waals surface area contributed by atoms with Crippen molar-refractivity contribution < 1.29 is 13.9 Å². The van der Waals surface area contributed by atoms with Crippen LogP contribution in [0.3, 0.4) is 0 Å². The van der Waals surface area contributed by atoms with Crippen LogP contribution >= 0.6 is 0 Å². The molecule has 0 saturated heterocycles. The summed E-state index contributed by atoms with van der Waals surface area (Å²) in [7, 11) is 1.54. The number of aldehydes is 1. The molecule has 3 heteroatoms. The fourth-order valence-corrected chi connectivity index (χ4v) is 0.922. The topological polar surface area (TPSA) is 26.3 Å². The van der Waals surface area contributed by atoms with Crippen molar-refractivity contribution in [3.05, 3.63) is 35.1 Å². The van der Waals surface area contributed by atoms with Crippen LogP contribution in [0.25, 0.3) is 0 Å². The van der Waals surface area contributed by atoms with E-state index in [1.165, 1.54) is 25.3 Å². The third-order valence-electron chi connectivity index (χ3n) is 1.57. The number of methoxy groups -OCH3 is 1. The van der Waals surface area contributed by atoms with E-state index < -0.39 is 5.82 Å². The molecule has 2 nitrogen and oxygen atoms in total. The average molecular weight is 192 g/mol. The molecule has 72 valence electrons. The minimum atomic E-state index is -0.530. The second kappa shape index (κ2) is 5.15. The summed E-state index contributed by atoms with van der Waals surface area (Å²) in [5.41, 5.74) is 0.625. The van der Waals surface area contributed by atoms with Crippen LogP contribution in [0.5, 0.6) is 0 Å². The molecular weight excluding hydrogens is 183 g/mol. The number of rotatable bonds is 2. The Kier molecular flexibility index (Phi) is 3.84. The predicted octanol–water partition coefficient (Wildman–Crippen LogP) is 1.64. The highest BCUT2D eigenvalue weighted by Gasteiger charge is 1.99. The van der Waals surface area contributed by atoms with Crippen molar-refractivity contribution >= 4 is 6.29 Å². The summed E-state index contributed by atoms with van der Waals surface area (Å²) < 4.78 is 17.6. The zero-order valence-corrected chi connectivity index (χ0v) is 7.71. The first-order chi connectivity index (χ1) is 6.77. The largest absolute Gasteiger partial charge is 0.372 e. The second-order valence-electron chi connectivity index (χ2n) is 2.59. The van der Waals surface area contributed by atoms with Crippen molar-refractivity contribution in [3.8, 4) is 11.8 Å². The van der Waals surface area contributed by atoms with E-state index in [9.17, 15) is 9.18 Å². The Balaban J connectivity index is 2.91. The van der Waals surface area contributed by atoms with E-state index in [0.717, 1.165) is 0 Å². The molecule has 0 aliphatic carbocycles. The fraction of sp³-hybridized carbons (Fsp3) is 0.182. The van der Waals surface area contributed by atoms with E-state index in [2.05, 4.69) is 11.8 Å². The van der Waals surface area contributed by atoms with E-state index >= 15 is 0 Å². The van der Waals surface area contributed by atoms with E-state index in [1.807, 2.05) is 0 Å². The van der Waals surface area contributed by atoms with Gasteiger partial charge >= 0.3 is 0 Å². The number of halogens is 1. The van der Waals surface area contributed by atoms with Gasteiger partial charge < -0.3 is 4.74 Å². The minimum absolute atomic E-state index is 0.0224. The molecule has 0 bridgehead atoms. The van der Waals surface area contributed by atoms with Gasteiger partial charge in [0.1, 0.15) is 12.4 Å². The molecule has 14 heavy (non-hydrogen) atoms. The molecule has 0 fully saturated rings. The molecule has 0 aliphatic rings. The van der Waals surface area contributed by atoms with Crippen LogP contribution in [0.4, 0.5) is 4.39 Å². The number of carbonyl (C=O) groups excluding carboxylic acids is 1. The van der Waals surface area contributed by atoms with Crippen molar-refractivity contribution in [3.63, 3.8) is 0 Å². The molecule has 0 unspecified atom stereocenters. The highest BCUT2D eigenvalue weighted by molar-refractivity contribution is 5.76.